The maximum atomic E-state index is 4.78. The number of rotatable bonds is 1. The van der Waals surface area contributed by atoms with Crippen LogP contribution < -0.4 is 10.2 Å². The summed E-state index contributed by atoms with van der Waals surface area (Å²) in [5.74, 6) is 1.02. The summed E-state index contributed by atoms with van der Waals surface area (Å²) in [5, 5.41) is 3.42. The zero-order valence-corrected chi connectivity index (χ0v) is 11.1. The van der Waals surface area contributed by atoms with Crippen LogP contribution in [0.1, 0.15) is 17.5 Å². The summed E-state index contributed by atoms with van der Waals surface area (Å²) >= 11 is 0. The zero-order valence-electron chi connectivity index (χ0n) is 11.1. The number of aromatic nitrogens is 2. The van der Waals surface area contributed by atoms with Gasteiger partial charge in [-0.05, 0) is 44.0 Å². The van der Waals surface area contributed by atoms with E-state index in [2.05, 4.69) is 41.2 Å². The highest BCUT2D eigenvalue weighted by Gasteiger charge is 2.14. The number of imidazole rings is 1. The van der Waals surface area contributed by atoms with Crippen LogP contribution in [0.25, 0.3) is 11.0 Å². The fourth-order valence-corrected chi connectivity index (χ4v) is 2.51. The number of nitrogens with zero attached hydrogens (tertiary/aromatic N) is 2. The Labute approximate surface area is 107 Å². The van der Waals surface area contributed by atoms with Crippen LogP contribution in [0.2, 0.25) is 0 Å². The van der Waals surface area contributed by atoms with E-state index in [4.69, 9.17) is 4.98 Å². The van der Waals surface area contributed by atoms with Crippen molar-refractivity contribution in [1.29, 1.82) is 0 Å². The molecule has 0 atom stereocenters. The molecule has 96 valence electrons. The summed E-state index contributed by atoms with van der Waals surface area (Å²) in [6.45, 7) is 8.53. The largest absolute Gasteiger partial charge is 0.341 e. The highest BCUT2D eigenvalue weighted by atomic mass is 15.3. The summed E-state index contributed by atoms with van der Waals surface area (Å²) < 4.78 is 0. The molecular formula is C14H20N4. The number of anilines is 1. The molecule has 0 radical (unpaired) electrons. The summed E-state index contributed by atoms with van der Waals surface area (Å²) in [6.07, 6.45) is 1.18. The van der Waals surface area contributed by atoms with Gasteiger partial charge in [0.05, 0.1) is 11.0 Å². The third-order valence-corrected chi connectivity index (χ3v) is 3.81. The van der Waals surface area contributed by atoms with Crippen LogP contribution in [0.5, 0.6) is 0 Å². The first-order valence-electron chi connectivity index (χ1n) is 6.67. The van der Waals surface area contributed by atoms with Crippen molar-refractivity contribution in [1.82, 2.24) is 15.3 Å². The first-order valence-corrected chi connectivity index (χ1v) is 6.67. The van der Waals surface area contributed by atoms with Crippen LogP contribution in [0.3, 0.4) is 0 Å². The first kappa shape index (κ1) is 11.5. The van der Waals surface area contributed by atoms with Gasteiger partial charge in [0.25, 0.3) is 0 Å². The predicted molar refractivity (Wildman–Crippen MR) is 75.3 cm³/mol. The monoisotopic (exact) mass is 244 g/mol. The van der Waals surface area contributed by atoms with Gasteiger partial charge in [-0.15, -0.1) is 0 Å². The lowest BCUT2D eigenvalue weighted by molar-refractivity contribution is 0.724. The Balaban J connectivity index is 1.99. The van der Waals surface area contributed by atoms with Crippen molar-refractivity contribution in [2.24, 2.45) is 0 Å². The van der Waals surface area contributed by atoms with Crippen molar-refractivity contribution in [3.63, 3.8) is 0 Å². The molecule has 18 heavy (non-hydrogen) atoms. The smallest absolute Gasteiger partial charge is 0.203 e. The van der Waals surface area contributed by atoms with Gasteiger partial charge in [-0.3, -0.25) is 0 Å². The van der Waals surface area contributed by atoms with Crippen LogP contribution >= 0.6 is 0 Å². The summed E-state index contributed by atoms with van der Waals surface area (Å²) in [5.41, 5.74) is 4.84. The molecule has 1 aromatic carbocycles. The normalized spacial score (nSPS) is 17.1. The number of fused-ring (bicyclic) bond motifs is 1. The average Bonchev–Trinajstić information content (AvgIpc) is 2.62. The SMILES string of the molecule is Cc1ccc2[nH]c(N3CCCNCC3)nc2c1C. The Morgan fingerprint density at radius 2 is 2.06 bits per heavy atom. The molecule has 2 aromatic rings. The maximum Gasteiger partial charge on any atom is 0.203 e. The van der Waals surface area contributed by atoms with E-state index in [1.165, 1.54) is 17.5 Å². The lowest BCUT2D eigenvalue weighted by Gasteiger charge is -2.18. The van der Waals surface area contributed by atoms with E-state index in [1.807, 2.05) is 0 Å². The second-order valence-electron chi connectivity index (χ2n) is 5.05. The van der Waals surface area contributed by atoms with Gasteiger partial charge in [0, 0.05) is 19.6 Å². The fraction of sp³-hybridized carbons (Fsp3) is 0.500. The number of benzene rings is 1. The quantitative estimate of drug-likeness (QED) is 0.806. The predicted octanol–water partition coefficient (Wildman–Crippen LogP) is 1.98. The van der Waals surface area contributed by atoms with Gasteiger partial charge >= 0.3 is 0 Å². The Morgan fingerprint density at radius 1 is 1.17 bits per heavy atom. The van der Waals surface area contributed by atoms with Crippen LogP contribution in [0.15, 0.2) is 12.1 Å². The van der Waals surface area contributed by atoms with Crippen LogP contribution in [-0.2, 0) is 0 Å². The molecule has 0 aliphatic carbocycles. The number of hydrogen-bond donors (Lipinski definition) is 2. The van der Waals surface area contributed by atoms with Crippen LogP contribution in [-0.4, -0.2) is 36.1 Å². The molecule has 0 saturated carbocycles. The Bertz CT molecular complexity index is 550. The fourth-order valence-electron chi connectivity index (χ4n) is 2.51. The van der Waals surface area contributed by atoms with E-state index in [-0.39, 0.29) is 0 Å². The molecule has 1 aromatic heterocycles. The molecule has 1 fully saturated rings. The van der Waals surface area contributed by atoms with E-state index < -0.39 is 0 Å². The minimum absolute atomic E-state index is 1.02. The molecule has 0 bridgehead atoms. The second kappa shape index (κ2) is 4.61. The van der Waals surface area contributed by atoms with Crippen LogP contribution in [0, 0.1) is 13.8 Å². The van der Waals surface area contributed by atoms with Gasteiger partial charge in [-0.25, -0.2) is 4.98 Å². The van der Waals surface area contributed by atoms with Gasteiger partial charge in [0.1, 0.15) is 0 Å². The molecule has 0 unspecified atom stereocenters. The minimum atomic E-state index is 1.02. The first-order chi connectivity index (χ1) is 8.75. The Morgan fingerprint density at radius 3 is 2.94 bits per heavy atom. The molecular weight excluding hydrogens is 224 g/mol. The maximum absolute atomic E-state index is 4.78. The summed E-state index contributed by atoms with van der Waals surface area (Å²) in [6, 6.07) is 4.29. The molecule has 0 amide bonds. The van der Waals surface area contributed by atoms with Crippen LogP contribution in [0.4, 0.5) is 5.95 Å². The van der Waals surface area contributed by atoms with Crippen molar-refractivity contribution >= 4 is 17.0 Å². The van der Waals surface area contributed by atoms with Crippen molar-refractivity contribution in [2.45, 2.75) is 20.3 Å². The van der Waals surface area contributed by atoms with Crippen molar-refractivity contribution < 1.29 is 0 Å². The van der Waals surface area contributed by atoms with E-state index in [1.54, 1.807) is 0 Å². The number of aromatic amines is 1. The summed E-state index contributed by atoms with van der Waals surface area (Å²) in [4.78, 5) is 10.6. The second-order valence-corrected chi connectivity index (χ2v) is 5.05. The van der Waals surface area contributed by atoms with Gasteiger partial charge in [0.15, 0.2) is 0 Å². The molecule has 3 rings (SSSR count). The van der Waals surface area contributed by atoms with Crippen molar-refractivity contribution in [2.75, 3.05) is 31.1 Å². The van der Waals surface area contributed by atoms with E-state index >= 15 is 0 Å². The molecule has 1 saturated heterocycles. The molecule has 4 heteroatoms. The third kappa shape index (κ3) is 1.97. The van der Waals surface area contributed by atoms with E-state index in [9.17, 15) is 0 Å². The molecule has 2 heterocycles. The number of hydrogen-bond acceptors (Lipinski definition) is 3. The van der Waals surface area contributed by atoms with Crippen molar-refractivity contribution in [3.8, 4) is 0 Å². The van der Waals surface area contributed by atoms with Gasteiger partial charge in [0.2, 0.25) is 5.95 Å². The molecule has 0 spiro atoms. The van der Waals surface area contributed by atoms with Crippen molar-refractivity contribution in [3.05, 3.63) is 23.3 Å². The topological polar surface area (TPSA) is 44.0 Å². The zero-order chi connectivity index (χ0) is 12.5. The van der Waals surface area contributed by atoms with E-state index in [0.29, 0.717) is 0 Å². The van der Waals surface area contributed by atoms with Gasteiger partial charge < -0.3 is 15.2 Å². The van der Waals surface area contributed by atoms with E-state index in [0.717, 1.165) is 43.2 Å². The number of H-pyrrole nitrogens is 1. The Hall–Kier alpha value is -1.55. The lowest BCUT2D eigenvalue weighted by atomic mass is 10.1. The third-order valence-electron chi connectivity index (χ3n) is 3.81. The van der Waals surface area contributed by atoms with Gasteiger partial charge in [-0.2, -0.15) is 0 Å². The minimum Gasteiger partial charge on any atom is -0.341 e. The standard InChI is InChI=1S/C14H20N4/c1-10-4-5-12-13(11(10)2)17-14(16-12)18-8-3-6-15-7-9-18/h4-5,15H,3,6-9H2,1-2H3,(H,16,17). The highest BCUT2D eigenvalue weighted by molar-refractivity contribution is 5.82. The molecule has 1 aliphatic heterocycles. The lowest BCUT2D eigenvalue weighted by Crippen LogP contribution is -2.28. The number of nitrogens with one attached hydrogen (secondary N) is 2. The number of aryl methyl sites for hydroxylation is 2. The average molecular weight is 244 g/mol. The molecule has 2 N–H and O–H groups in total. The Kier molecular flexibility index (Phi) is 2.96. The highest BCUT2D eigenvalue weighted by Crippen LogP contribution is 2.23. The van der Waals surface area contributed by atoms with Gasteiger partial charge in [-0.1, -0.05) is 6.07 Å². The molecule has 1 aliphatic rings. The molecule has 4 nitrogen and oxygen atoms in total. The summed E-state index contributed by atoms with van der Waals surface area (Å²) in [7, 11) is 0.